The van der Waals surface area contributed by atoms with Crippen molar-refractivity contribution in [3.8, 4) is 67.5 Å². The van der Waals surface area contributed by atoms with Crippen LogP contribution in [0.5, 0.6) is 0 Å². The topological polar surface area (TPSA) is 54.8 Å². The highest BCUT2D eigenvalue weighted by Gasteiger charge is 2.20. The lowest BCUT2D eigenvalue weighted by Gasteiger charge is -2.28. The molecule has 5 aromatic carbocycles. The summed E-state index contributed by atoms with van der Waals surface area (Å²) in [6, 6.07) is 69.0. The third-order valence-electron chi connectivity index (χ3n) is 9.61. The van der Waals surface area contributed by atoms with Gasteiger partial charge in [-0.1, -0.05) is 115 Å². The average molecular weight is 706 g/mol. The normalized spacial score (nSPS) is 10.9. The van der Waals surface area contributed by atoms with Gasteiger partial charge < -0.3 is 4.90 Å². The third-order valence-corrected chi connectivity index (χ3v) is 9.61. The van der Waals surface area contributed by atoms with Crippen LogP contribution in [-0.2, 0) is 0 Å². The van der Waals surface area contributed by atoms with E-state index >= 15 is 0 Å². The predicted octanol–water partition coefficient (Wildman–Crippen LogP) is 12.7. The number of rotatable bonds is 9. The number of pyridine rings is 4. The van der Waals surface area contributed by atoms with E-state index in [1.54, 1.807) is 12.4 Å². The summed E-state index contributed by atoms with van der Waals surface area (Å²) in [5.41, 5.74) is 14.7. The molecule has 0 saturated heterocycles. The minimum Gasteiger partial charge on any atom is -0.310 e. The molecule has 0 N–H and O–H groups in total. The zero-order chi connectivity index (χ0) is 36.8. The Labute approximate surface area is 321 Å². The maximum absolute atomic E-state index is 5.11. The molecule has 0 unspecified atom stereocenters. The molecule has 4 aromatic heterocycles. The lowest BCUT2D eigenvalue weighted by molar-refractivity contribution is 1.24. The summed E-state index contributed by atoms with van der Waals surface area (Å²) in [6.07, 6.45) is 3.61. The number of nitrogens with zero attached hydrogens (tertiary/aromatic N) is 5. The monoisotopic (exact) mass is 705 g/mol. The summed E-state index contributed by atoms with van der Waals surface area (Å²) >= 11 is 0. The average Bonchev–Trinajstić information content (AvgIpc) is 3.28. The van der Waals surface area contributed by atoms with E-state index in [0.717, 1.165) is 84.6 Å². The maximum Gasteiger partial charge on any atom is 0.0893 e. The van der Waals surface area contributed by atoms with Crippen LogP contribution in [0.1, 0.15) is 0 Å². The van der Waals surface area contributed by atoms with E-state index < -0.39 is 0 Å². The Morgan fingerprint density at radius 1 is 0.273 bits per heavy atom. The Hall–Kier alpha value is -7.50. The first-order chi connectivity index (χ1) is 27.3. The summed E-state index contributed by atoms with van der Waals surface area (Å²) < 4.78 is 0. The number of anilines is 3. The largest absolute Gasteiger partial charge is 0.310 e. The van der Waals surface area contributed by atoms with Crippen LogP contribution >= 0.6 is 0 Å². The molecule has 9 aromatic rings. The van der Waals surface area contributed by atoms with Crippen LogP contribution in [0.2, 0.25) is 0 Å². The van der Waals surface area contributed by atoms with Gasteiger partial charge in [0, 0.05) is 40.6 Å². The van der Waals surface area contributed by atoms with Gasteiger partial charge >= 0.3 is 0 Å². The minimum absolute atomic E-state index is 0.834. The SMILES string of the molecule is c1ccc(-c2cc(N(c3ccccc3)c3ccc(-c4cccc(-c5ccccn5)n4)c(-c4ccccc4)c3)ccc2-c2cccc(-c3ccccn3)n2)cc1. The summed E-state index contributed by atoms with van der Waals surface area (Å²) in [5.74, 6) is 0. The first-order valence-corrected chi connectivity index (χ1v) is 18.3. The van der Waals surface area contributed by atoms with Crippen LogP contribution in [0.25, 0.3) is 67.5 Å². The zero-order valence-electron chi connectivity index (χ0n) is 29.9. The molecular weight excluding hydrogens is 671 g/mol. The van der Waals surface area contributed by atoms with Gasteiger partial charge in [0.25, 0.3) is 0 Å². The lowest BCUT2D eigenvalue weighted by Crippen LogP contribution is -2.10. The fraction of sp³-hybridized carbons (Fsp3) is 0. The van der Waals surface area contributed by atoms with Gasteiger partial charge in [-0.05, 0) is 107 Å². The molecule has 5 heteroatoms. The van der Waals surface area contributed by atoms with E-state index in [9.17, 15) is 0 Å². The summed E-state index contributed by atoms with van der Waals surface area (Å²) in [5, 5.41) is 0. The summed E-state index contributed by atoms with van der Waals surface area (Å²) in [6.45, 7) is 0. The number of para-hydroxylation sites is 1. The molecule has 0 saturated carbocycles. The highest BCUT2D eigenvalue weighted by Crippen LogP contribution is 2.43. The molecule has 0 spiro atoms. The molecular formula is C50H35N5. The Balaban J connectivity index is 1.21. The van der Waals surface area contributed by atoms with Gasteiger partial charge in [-0.15, -0.1) is 0 Å². The van der Waals surface area contributed by atoms with Gasteiger partial charge in [-0.25, -0.2) is 9.97 Å². The molecule has 55 heavy (non-hydrogen) atoms. The summed E-state index contributed by atoms with van der Waals surface area (Å²) in [7, 11) is 0. The molecule has 4 heterocycles. The first-order valence-electron chi connectivity index (χ1n) is 18.3. The van der Waals surface area contributed by atoms with Crippen molar-refractivity contribution in [1.82, 2.24) is 19.9 Å². The smallest absolute Gasteiger partial charge is 0.0893 e. The highest BCUT2D eigenvalue weighted by atomic mass is 15.1. The third kappa shape index (κ3) is 7.02. The van der Waals surface area contributed by atoms with Crippen LogP contribution < -0.4 is 4.90 Å². The van der Waals surface area contributed by atoms with E-state index in [-0.39, 0.29) is 0 Å². The molecule has 0 amide bonds. The first kappa shape index (κ1) is 33.3. The van der Waals surface area contributed by atoms with E-state index in [2.05, 4.69) is 167 Å². The van der Waals surface area contributed by atoms with E-state index in [1.165, 1.54) is 0 Å². The van der Waals surface area contributed by atoms with Crippen molar-refractivity contribution < 1.29 is 0 Å². The molecule has 0 bridgehead atoms. The van der Waals surface area contributed by atoms with Gasteiger partial charge in [0.05, 0.1) is 34.2 Å². The fourth-order valence-electron chi connectivity index (χ4n) is 7.01. The molecule has 0 aliphatic heterocycles. The van der Waals surface area contributed by atoms with Crippen molar-refractivity contribution in [2.24, 2.45) is 0 Å². The van der Waals surface area contributed by atoms with Crippen LogP contribution in [0, 0.1) is 0 Å². The van der Waals surface area contributed by atoms with Crippen molar-refractivity contribution in [1.29, 1.82) is 0 Å². The second-order valence-corrected chi connectivity index (χ2v) is 13.1. The van der Waals surface area contributed by atoms with E-state index in [1.807, 2.05) is 48.5 Å². The van der Waals surface area contributed by atoms with Gasteiger partial charge in [0.15, 0.2) is 0 Å². The molecule has 260 valence electrons. The fourth-order valence-corrected chi connectivity index (χ4v) is 7.01. The van der Waals surface area contributed by atoms with Crippen molar-refractivity contribution in [2.45, 2.75) is 0 Å². The molecule has 0 radical (unpaired) electrons. The van der Waals surface area contributed by atoms with Gasteiger partial charge in [-0.2, -0.15) is 0 Å². The van der Waals surface area contributed by atoms with Crippen LogP contribution in [0.15, 0.2) is 213 Å². The Bertz CT molecular complexity index is 2520. The lowest BCUT2D eigenvalue weighted by atomic mass is 9.94. The summed E-state index contributed by atoms with van der Waals surface area (Å²) in [4.78, 5) is 21.7. The standard InChI is InChI=1S/C50H35N5/c1-4-16-36(17-5-1)43-34-39(28-30-41(43)45-24-14-26-49(53-45)47-22-10-12-32-51-47)55(38-20-8-3-9-21-38)40-29-31-42(44(35-40)37-18-6-2-7-19-37)46-25-15-27-50(54-46)48-23-11-13-33-52-48/h1-35H. The maximum atomic E-state index is 5.11. The highest BCUT2D eigenvalue weighted by molar-refractivity contribution is 5.91. The van der Waals surface area contributed by atoms with Gasteiger partial charge in [0.1, 0.15) is 0 Å². The minimum atomic E-state index is 0.834. The Morgan fingerprint density at radius 3 is 1.11 bits per heavy atom. The van der Waals surface area contributed by atoms with Crippen molar-refractivity contribution in [3.63, 3.8) is 0 Å². The second-order valence-electron chi connectivity index (χ2n) is 13.1. The van der Waals surface area contributed by atoms with Crippen LogP contribution in [-0.4, -0.2) is 19.9 Å². The molecule has 9 rings (SSSR count). The van der Waals surface area contributed by atoms with E-state index in [4.69, 9.17) is 9.97 Å². The molecule has 0 aliphatic rings. The molecule has 0 aliphatic carbocycles. The van der Waals surface area contributed by atoms with Gasteiger partial charge in [-0.3, -0.25) is 9.97 Å². The quantitative estimate of drug-likeness (QED) is 0.150. The molecule has 0 fully saturated rings. The Morgan fingerprint density at radius 2 is 0.673 bits per heavy atom. The van der Waals surface area contributed by atoms with Crippen molar-refractivity contribution in [3.05, 3.63) is 213 Å². The number of aromatic nitrogens is 4. The Kier molecular flexibility index (Phi) is 9.23. The predicted molar refractivity (Wildman–Crippen MR) is 225 cm³/mol. The number of hydrogen-bond donors (Lipinski definition) is 0. The number of benzene rings is 5. The second kappa shape index (κ2) is 15.2. The van der Waals surface area contributed by atoms with E-state index in [0.29, 0.717) is 0 Å². The van der Waals surface area contributed by atoms with Gasteiger partial charge in [0.2, 0.25) is 0 Å². The van der Waals surface area contributed by atoms with Crippen molar-refractivity contribution in [2.75, 3.05) is 4.90 Å². The molecule has 5 nitrogen and oxygen atoms in total. The molecule has 0 atom stereocenters. The van der Waals surface area contributed by atoms with Crippen molar-refractivity contribution >= 4 is 17.1 Å². The zero-order valence-corrected chi connectivity index (χ0v) is 29.9. The van der Waals surface area contributed by atoms with Crippen LogP contribution in [0.4, 0.5) is 17.1 Å². The number of hydrogen-bond acceptors (Lipinski definition) is 5. The van der Waals surface area contributed by atoms with Crippen LogP contribution in [0.3, 0.4) is 0 Å².